The quantitative estimate of drug-likeness (QED) is 0.762. The maximum absolute atomic E-state index is 12.6. The first-order valence-corrected chi connectivity index (χ1v) is 10.8. The van der Waals surface area contributed by atoms with Crippen LogP contribution in [0.4, 0.5) is 10.5 Å². The van der Waals surface area contributed by atoms with Crippen LogP contribution in [0.25, 0.3) is 0 Å². The second-order valence-corrected chi connectivity index (χ2v) is 8.58. The number of anilines is 1. The highest BCUT2D eigenvalue weighted by molar-refractivity contribution is 5.90. The minimum atomic E-state index is -0.0294. The molecule has 1 aromatic rings. The third-order valence-corrected chi connectivity index (χ3v) is 6.99. The largest absolute Gasteiger partial charge is 0.335 e. The lowest BCUT2D eigenvalue weighted by atomic mass is 9.80. The number of nitrogens with one attached hydrogen (secondary N) is 3. The summed E-state index contributed by atoms with van der Waals surface area (Å²) in [5.74, 6) is 0. The predicted octanol–water partition coefficient (Wildman–Crippen LogP) is 3.28. The zero-order valence-electron chi connectivity index (χ0n) is 16.1. The Labute approximate surface area is 157 Å². The molecule has 0 unspecified atom stereocenters. The Hall–Kier alpha value is -1.55. The number of piperidine rings is 2. The van der Waals surface area contributed by atoms with Gasteiger partial charge in [-0.15, -0.1) is 0 Å². The summed E-state index contributed by atoms with van der Waals surface area (Å²) in [4.78, 5) is 14.5. The number of hydrogen-bond donors (Lipinski definition) is 3. The number of quaternary nitrogens is 1. The Bertz CT molecular complexity index is 612. The highest BCUT2D eigenvalue weighted by Gasteiger charge is 2.46. The van der Waals surface area contributed by atoms with Crippen LogP contribution in [-0.4, -0.2) is 30.2 Å². The molecule has 0 spiro atoms. The zero-order valence-corrected chi connectivity index (χ0v) is 16.1. The molecule has 26 heavy (non-hydrogen) atoms. The van der Waals surface area contributed by atoms with Crippen LogP contribution in [0.3, 0.4) is 0 Å². The van der Waals surface area contributed by atoms with Gasteiger partial charge in [-0.25, -0.2) is 4.79 Å². The third-order valence-electron chi connectivity index (χ3n) is 6.99. The van der Waals surface area contributed by atoms with Gasteiger partial charge in [0.1, 0.15) is 0 Å². The first kappa shape index (κ1) is 17.8. The van der Waals surface area contributed by atoms with Gasteiger partial charge in [-0.1, -0.05) is 25.1 Å². The van der Waals surface area contributed by atoms with Crippen LogP contribution >= 0.6 is 0 Å². The molecule has 2 saturated heterocycles. The van der Waals surface area contributed by atoms with E-state index in [1.807, 2.05) is 23.1 Å². The molecule has 4 heteroatoms. The molecule has 4 nitrogen and oxygen atoms in total. The van der Waals surface area contributed by atoms with Gasteiger partial charge in [0.2, 0.25) is 0 Å². The van der Waals surface area contributed by atoms with Crippen LogP contribution in [-0.2, 0) is 6.42 Å². The van der Waals surface area contributed by atoms with E-state index in [1.54, 1.807) is 0 Å². The summed E-state index contributed by atoms with van der Waals surface area (Å²) in [5.41, 5.74) is 2.14. The number of carbonyl (C=O) groups excluding carboxylic acids is 1. The van der Waals surface area contributed by atoms with E-state index >= 15 is 0 Å². The van der Waals surface area contributed by atoms with Gasteiger partial charge in [-0.2, -0.15) is 0 Å². The number of carbonyl (C=O) groups is 1. The molecule has 1 saturated carbocycles. The Balaban J connectivity index is 1.36. The molecule has 2 aliphatic heterocycles. The fourth-order valence-corrected chi connectivity index (χ4v) is 5.91. The van der Waals surface area contributed by atoms with Gasteiger partial charge >= 0.3 is 6.03 Å². The van der Waals surface area contributed by atoms with Crippen molar-refractivity contribution in [3.63, 3.8) is 0 Å². The highest BCUT2D eigenvalue weighted by Crippen LogP contribution is 2.26. The van der Waals surface area contributed by atoms with Gasteiger partial charge in [0.25, 0.3) is 0 Å². The van der Waals surface area contributed by atoms with E-state index < -0.39 is 0 Å². The van der Waals surface area contributed by atoms with Crippen molar-refractivity contribution < 1.29 is 9.69 Å². The Morgan fingerprint density at radius 2 is 1.65 bits per heavy atom. The highest BCUT2D eigenvalue weighted by atomic mass is 16.2. The van der Waals surface area contributed by atoms with Gasteiger partial charge < -0.3 is 15.5 Å². The van der Waals surface area contributed by atoms with E-state index in [1.165, 1.54) is 50.5 Å². The standard InChI is InChI=1S/C22H33N3O/c1-2-16-8-3-6-13-21(16)24-22(26)23-17-14-19-11-7-12-20(15-17)25(19)18-9-4-5-10-18/h3,6,8,13,17-20H,2,4-5,7,9-12,14-15H2,1H3,(H2,23,24,26)/p+1/t19-,20-/m1/s1. The Kier molecular flexibility index (Phi) is 5.49. The van der Waals surface area contributed by atoms with Crippen LogP contribution in [0.1, 0.15) is 70.3 Å². The average molecular weight is 357 g/mol. The van der Waals surface area contributed by atoms with Crippen molar-refractivity contribution in [2.75, 3.05) is 5.32 Å². The van der Waals surface area contributed by atoms with Crippen molar-refractivity contribution in [1.82, 2.24) is 5.32 Å². The maximum Gasteiger partial charge on any atom is 0.319 e. The van der Waals surface area contributed by atoms with Crippen molar-refractivity contribution in [3.8, 4) is 0 Å². The van der Waals surface area contributed by atoms with E-state index in [4.69, 9.17) is 0 Å². The second kappa shape index (κ2) is 7.99. The second-order valence-electron chi connectivity index (χ2n) is 8.58. The van der Waals surface area contributed by atoms with Gasteiger partial charge in [-0.3, -0.25) is 0 Å². The van der Waals surface area contributed by atoms with E-state index in [0.717, 1.165) is 43.1 Å². The molecule has 3 fully saturated rings. The molecule has 4 rings (SSSR count). The molecule has 0 aromatic heterocycles. The maximum atomic E-state index is 12.6. The number of rotatable bonds is 4. The predicted molar refractivity (Wildman–Crippen MR) is 106 cm³/mol. The van der Waals surface area contributed by atoms with Crippen molar-refractivity contribution in [2.24, 2.45) is 0 Å². The lowest BCUT2D eigenvalue weighted by Crippen LogP contribution is -3.24. The van der Waals surface area contributed by atoms with E-state index in [0.29, 0.717) is 6.04 Å². The molecule has 2 bridgehead atoms. The number of aryl methyl sites for hydroxylation is 1. The summed E-state index contributed by atoms with van der Waals surface area (Å²) in [5, 5.41) is 6.38. The minimum absolute atomic E-state index is 0.0294. The fraction of sp³-hybridized carbons (Fsp3) is 0.682. The van der Waals surface area contributed by atoms with E-state index in [-0.39, 0.29) is 6.03 Å². The summed E-state index contributed by atoms with van der Waals surface area (Å²) in [6, 6.07) is 10.8. The number of amides is 2. The summed E-state index contributed by atoms with van der Waals surface area (Å²) in [7, 11) is 0. The SMILES string of the molecule is CCc1ccccc1NC(=O)NC1C[C@H]2CCC[C@H](C1)[NH+]2C1CCCC1. The molecule has 0 radical (unpaired) electrons. The third kappa shape index (κ3) is 3.75. The Morgan fingerprint density at radius 1 is 1.00 bits per heavy atom. The summed E-state index contributed by atoms with van der Waals surface area (Å²) < 4.78 is 0. The van der Waals surface area contributed by atoms with Crippen LogP contribution in [0, 0.1) is 0 Å². The van der Waals surface area contributed by atoms with Crippen molar-refractivity contribution in [2.45, 2.75) is 95.3 Å². The summed E-state index contributed by atoms with van der Waals surface area (Å²) in [6.07, 6.45) is 13.0. The first-order valence-electron chi connectivity index (χ1n) is 10.8. The molecule has 142 valence electrons. The van der Waals surface area contributed by atoms with Crippen molar-refractivity contribution >= 4 is 11.7 Å². The first-order chi connectivity index (χ1) is 12.7. The monoisotopic (exact) mass is 356 g/mol. The number of hydrogen-bond acceptors (Lipinski definition) is 1. The smallest absolute Gasteiger partial charge is 0.319 e. The molecular weight excluding hydrogens is 322 g/mol. The van der Waals surface area contributed by atoms with E-state index in [9.17, 15) is 4.79 Å². The number of benzene rings is 1. The van der Waals surface area contributed by atoms with Gasteiger partial charge in [0, 0.05) is 24.6 Å². The van der Waals surface area contributed by atoms with Crippen molar-refractivity contribution in [1.29, 1.82) is 0 Å². The van der Waals surface area contributed by atoms with Crippen molar-refractivity contribution in [3.05, 3.63) is 29.8 Å². The molecule has 3 N–H and O–H groups in total. The van der Waals surface area contributed by atoms with Crippen LogP contribution in [0.5, 0.6) is 0 Å². The van der Waals surface area contributed by atoms with Crippen LogP contribution < -0.4 is 15.5 Å². The Morgan fingerprint density at radius 3 is 2.35 bits per heavy atom. The zero-order chi connectivity index (χ0) is 17.9. The van der Waals surface area contributed by atoms with Crippen LogP contribution in [0.2, 0.25) is 0 Å². The van der Waals surface area contributed by atoms with Gasteiger partial charge in [-0.05, 0) is 63.0 Å². The topological polar surface area (TPSA) is 45.6 Å². The average Bonchev–Trinajstić information content (AvgIpc) is 3.15. The lowest BCUT2D eigenvalue weighted by Gasteiger charge is -2.48. The molecule has 2 amide bonds. The molecule has 3 aliphatic rings. The summed E-state index contributed by atoms with van der Waals surface area (Å²) in [6.45, 7) is 2.13. The lowest BCUT2D eigenvalue weighted by molar-refractivity contribution is -0.982. The number of fused-ring (bicyclic) bond motifs is 2. The van der Waals surface area contributed by atoms with Crippen LogP contribution in [0.15, 0.2) is 24.3 Å². The number of urea groups is 1. The molecule has 2 atom stereocenters. The molecule has 1 aliphatic carbocycles. The summed E-state index contributed by atoms with van der Waals surface area (Å²) >= 11 is 0. The molecular formula is C22H34N3O+. The normalized spacial score (nSPS) is 31.6. The fourth-order valence-electron chi connectivity index (χ4n) is 5.91. The van der Waals surface area contributed by atoms with Gasteiger partial charge in [0.05, 0.1) is 18.1 Å². The molecule has 1 aromatic carbocycles. The van der Waals surface area contributed by atoms with Gasteiger partial charge in [0.15, 0.2) is 0 Å². The van der Waals surface area contributed by atoms with E-state index in [2.05, 4.69) is 23.6 Å². The minimum Gasteiger partial charge on any atom is -0.335 e. The molecule has 2 heterocycles. The number of para-hydroxylation sites is 1.